The SMILES string of the molecule is Cc1cn[nH]c1C(=O)Nc1c(Cl)cccc1Cl. The average molecular weight is 270 g/mol. The van der Waals surface area contributed by atoms with E-state index in [1.165, 1.54) is 0 Å². The molecule has 1 heterocycles. The van der Waals surface area contributed by atoms with Crippen molar-refractivity contribution in [1.29, 1.82) is 0 Å². The van der Waals surface area contributed by atoms with E-state index in [9.17, 15) is 4.79 Å². The van der Waals surface area contributed by atoms with Gasteiger partial charge < -0.3 is 5.32 Å². The topological polar surface area (TPSA) is 57.8 Å². The molecule has 1 aromatic carbocycles. The van der Waals surface area contributed by atoms with Crippen LogP contribution in [0.2, 0.25) is 10.0 Å². The van der Waals surface area contributed by atoms with Crippen LogP contribution < -0.4 is 5.32 Å². The van der Waals surface area contributed by atoms with Gasteiger partial charge in [-0.25, -0.2) is 0 Å². The monoisotopic (exact) mass is 269 g/mol. The Kier molecular flexibility index (Phi) is 3.36. The molecular formula is C11H9Cl2N3O. The summed E-state index contributed by atoms with van der Waals surface area (Å²) < 4.78 is 0. The van der Waals surface area contributed by atoms with Crippen molar-refractivity contribution in [3.63, 3.8) is 0 Å². The number of rotatable bonds is 2. The third-order valence-electron chi connectivity index (χ3n) is 2.26. The number of aromatic amines is 1. The lowest BCUT2D eigenvalue weighted by Crippen LogP contribution is -2.14. The quantitative estimate of drug-likeness (QED) is 0.879. The van der Waals surface area contributed by atoms with E-state index in [1.807, 2.05) is 0 Å². The number of hydrogen-bond acceptors (Lipinski definition) is 2. The maximum absolute atomic E-state index is 11.9. The smallest absolute Gasteiger partial charge is 0.274 e. The Bertz CT molecular complexity index is 545. The molecule has 0 atom stereocenters. The molecule has 17 heavy (non-hydrogen) atoms. The minimum absolute atomic E-state index is 0.324. The van der Waals surface area contributed by atoms with Gasteiger partial charge in [-0.05, 0) is 24.6 Å². The molecule has 4 nitrogen and oxygen atoms in total. The summed E-state index contributed by atoms with van der Waals surface area (Å²) in [5, 5.41) is 9.82. The van der Waals surface area contributed by atoms with E-state index in [2.05, 4.69) is 15.5 Å². The number of para-hydroxylation sites is 1. The fourth-order valence-corrected chi connectivity index (χ4v) is 1.86. The number of nitrogens with one attached hydrogen (secondary N) is 2. The predicted octanol–water partition coefficient (Wildman–Crippen LogP) is 3.28. The number of halogens is 2. The minimum atomic E-state index is -0.324. The number of carbonyl (C=O) groups is 1. The van der Waals surface area contributed by atoms with Gasteiger partial charge in [0.1, 0.15) is 5.69 Å². The first-order chi connectivity index (χ1) is 8.09. The van der Waals surface area contributed by atoms with Gasteiger partial charge in [0.25, 0.3) is 5.91 Å². The number of anilines is 1. The van der Waals surface area contributed by atoms with E-state index < -0.39 is 0 Å². The van der Waals surface area contributed by atoms with Gasteiger partial charge in [-0.2, -0.15) is 5.10 Å². The van der Waals surface area contributed by atoms with Crippen LogP contribution in [0.5, 0.6) is 0 Å². The first kappa shape index (κ1) is 12.0. The highest BCUT2D eigenvalue weighted by molar-refractivity contribution is 6.40. The van der Waals surface area contributed by atoms with Crippen molar-refractivity contribution in [3.8, 4) is 0 Å². The molecule has 0 radical (unpaired) electrons. The zero-order valence-corrected chi connectivity index (χ0v) is 10.4. The van der Waals surface area contributed by atoms with Crippen LogP contribution in [0.15, 0.2) is 24.4 Å². The fourth-order valence-electron chi connectivity index (χ4n) is 1.37. The Hall–Kier alpha value is -1.52. The summed E-state index contributed by atoms with van der Waals surface area (Å²) in [5.41, 5.74) is 1.54. The highest BCUT2D eigenvalue weighted by atomic mass is 35.5. The lowest BCUT2D eigenvalue weighted by atomic mass is 10.2. The van der Waals surface area contributed by atoms with Crippen LogP contribution in [0.4, 0.5) is 5.69 Å². The number of amides is 1. The third-order valence-corrected chi connectivity index (χ3v) is 2.89. The molecule has 2 rings (SSSR count). The van der Waals surface area contributed by atoms with Crippen molar-refractivity contribution < 1.29 is 4.79 Å². The van der Waals surface area contributed by atoms with Crippen molar-refractivity contribution in [1.82, 2.24) is 10.2 Å². The van der Waals surface area contributed by atoms with Gasteiger partial charge in [-0.15, -0.1) is 0 Å². The van der Waals surface area contributed by atoms with E-state index in [-0.39, 0.29) is 5.91 Å². The molecule has 0 bridgehead atoms. The number of aromatic nitrogens is 2. The van der Waals surface area contributed by atoms with E-state index >= 15 is 0 Å². The molecule has 0 aliphatic rings. The Morgan fingerprint density at radius 2 is 2.00 bits per heavy atom. The van der Waals surface area contributed by atoms with E-state index in [0.29, 0.717) is 21.4 Å². The van der Waals surface area contributed by atoms with Crippen molar-refractivity contribution in [2.75, 3.05) is 5.32 Å². The lowest BCUT2D eigenvalue weighted by Gasteiger charge is -2.08. The number of benzene rings is 1. The Morgan fingerprint density at radius 1 is 1.35 bits per heavy atom. The van der Waals surface area contributed by atoms with Gasteiger partial charge in [-0.1, -0.05) is 29.3 Å². The molecule has 0 aliphatic heterocycles. The summed E-state index contributed by atoms with van der Waals surface area (Å²) in [6.07, 6.45) is 1.57. The molecule has 0 spiro atoms. The van der Waals surface area contributed by atoms with Crippen LogP contribution in [0.25, 0.3) is 0 Å². The molecule has 0 fully saturated rings. The molecule has 0 unspecified atom stereocenters. The summed E-state index contributed by atoms with van der Waals surface area (Å²) in [6.45, 7) is 1.78. The maximum Gasteiger partial charge on any atom is 0.274 e. The second kappa shape index (κ2) is 4.77. The zero-order chi connectivity index (χ0) is 12.4. The molecule has 88 valence electrons. The Morgan fingerprint density at radius 3 is 2.53 bits per heavy atom. The van der Waals surface area contributed by atoms with Gasteiger partial charge in [0.05, 0.1) is 21.9 Å². The highest BCUT2D eigenvalue weighted by Crippen LogP contribution is 2.30. The number of aryl methyl sites for hydroxylation is 1. The van der Waals surface area contributed by atoms with Crippen molar-refractivity contribution in [3.05, 3.63) is 45.7 Å². The summed E-state index contributed by atoms with van der Waals surface area (Å²) in [6, 6.07) is 5.02. The summed E-state index contributed by atoms with van der Waals surface area (Å²) in [4.78, 5) is 11.9. The number of nitrogens with zero attached hydrogens (tertiary/aromatic N) is 1. The number of carbonyl (C=O) groups excluding carboxylic acids is 1. The normalized spacial score (nSPS) is 10.3. The first-order valence-electron chi connectivity index (χ1n) is 4.85. The number of hydrogen-bond donors (Lipinski definition) is 2. The van der Waals surface area contributed by atoms with Gasteiger partial charge in [0.2, 0.25) is 0 Å². The van der Waals surface area contributed by atoms with Gasteiger partial charge >= 0.3 is 0 Å². The minimum Gasteiger partial charge on any atom is -0.318 e. The molecule has 2 N–H and O–H groups in total. The van der Waals surface area contributed by atoms with Crippen LogP contribution in [-0.2, 0) is 0 Å². The van der Waals surface area contributed by atoms with E-state index in [0.717, 1.165) is 5.56 Å². The van der Waals surface area contributed by atoms with Gasteiger partial charge in [0.15, 0.2) is 0 Å². The Labute approximate surface area is 108 Å². The standard InChI is InChI=1S/C11H9Cl2N3O/c1-6-5-14-16-9(6)11(17)15-10-7(12)3-2-4-8(10)13/h2-5H,1H3,(H,14,16)(H,15,17). The predicted molar refractivity (Wildman–Crippen MR) is 67.7 cm³/mol. The Balaban J connectivity index is 2.28. The molecule has 0 saturated carbocycles. The number of H-pyrrole nitrogens is 1. The van der Waals surface area contributed by atoms with Gasteiger partial charge in [0, 0.05) is 0 Å². The third kappa shape index (κ3) is 2.43. The molecule has 6 heteroatoms. The average Bonchev–Trinajstić information content (AvgIpc) is 2.70. The van der Waals surface area contributed by atoms with Crippen LogP contribution in [0.3, 0.4) is 0 Å². The largest absolute Gasteiger partial charge is 0.318 e. The van der Waals surface area contributed by atoms with E-state index in [1.54, 1.807) is 31.3 Å². The molecule has 0 aliphatic carbocycles. The van der Waals surface area contributed by atoms with Crippen LogP contribution in [-0.4, -0.2) is 16.1 Å². The second-order valence-electron chi connectivity index (χ2n) is 3.48. The van der Waals surface area contributed by atoms with Crippen molar-refractivity contribution >= 4 is 34.8 Å². The summed E-state index contributed by atoms with van der Waals surface area (Å²) in [7, 11) is 0. The molecule has 1 amide bonds. The second-order valence-corrected chi connectivity index (χ2v) is 4.29. The van der Waals surface area contributed by atoms with Crippen LogP contribution in [0, 0.1) is 6.92 Å². The van der Waals surface area contributed by atoms with E-state index in [4.69, 9.17) is 23.2 Å². The first-order valence-corrected chi connectivity index (χ1v) is 5.60. The summed E-state index contributed by atoms with van der Waals surface area (Å²) >= 11 is 11.9. The molecule has 2 aromatic rings. The van der Waals surface area contributed by atoms with Crippen molar-refractivity contribution in [2.24, 2.45) is 0 Å². The van der Waals surface area contributed by atoms with Crippen molar-refractivity contribution in [2.45, 2.75) is 6.92 Å². The summed E-state index contributed by atoms with van der Waals surface area (Å²) in [5.74, 6) is -0.324. The van der Waals surface area contributed by atoms with Gasteiger partial charge in [-0.3, -0.25) is 9.89 Å². The molecule has 0 saturated heterocycles. The van der Waals surface area contributed by atoms with Crippen LogP contribution >= 0.6 is 23.2 Å². The highest BCUT2D eigenvalue weighted by Gasteiger charge is 2.14. The fraction of sp³-hybridized carbons (Fsp3) is 0.0909. The zero-order valence-electron chi connectivity index (χ0n) is 8.92. The maximum atomic E-state index is 11.9. The van der Waals surface area contributed by atoms with Crippen LogP contribution in [0.1, 0.15) is 16.1 Å². The molecule has 1 aromatic heterocycles. The lowest BCUT2D eigenvalue weighted by molar-refractivity contribution is 0.102. The molecular weight excluding hydrogens is 261 g/mol.